The maximum absolute atomic E-state index is 13.8. The zero-order chi connectivity index (χ0) is 18.3. The van der Waals surface area contributed by atoms with Gasteiger partial charge in [0.05, 0.1) is 5.39 Å². The van der Waals surface area contributed by atoms with Crippen LogP contribution in [0.2, 0.25) is 5.15 Å². The minimum Gasteiger partial charge on any atom is -0.477 e. The van der Waals surface area contributed by atoms with Crippen molar-refractivity contribution in [3.63, 3.8) is 0 Å². The topological polar surface area (TPSA) is 72.2 Å². The molecule has 2 aromatic heterocycles. The molecule has 0 aliphatic rings. The molecule has 1 aromatic carbocycles. The van der Waals surface area contributed by atoms with E-state index in [-0.39, 0.29) is 23.1 Å². The van der Waals surface area contributed by atoms with Gasteiger partial charge in [-0.15, -0.1) is 0 Å². The Morgan fingerprint density at radius 2 is 1.92 bits per heavy atom. The summed E-state index contributed by atoms with van der Waals surface area (Å²) < 4.78 is 28.4. The van der Waals surface area contributed by atoms with Crippen molar-refractivity contribution in [2.24, 2.45) is 0 Å². The first-order valence-electron chi connectivity index (χ1n) is 7.28. The normalized spacial score (nSPS) is 11.0. The summed E-state index contributed by atoms with van der Waals surface area (Å²) in [5.74, 6) is -2.85. The van der Waals surface area contributed by atoms with E-state index in [9.17, 15) is 23.5 Å². The quantitative estimate of drug-likeness (QED) is 0.721. The Morgan fingerprint density at radius 3 is 2.48 bits per heavy atom. The SMILES string of the molecule is CCc1c(C(=O)O)c(=O)c2cc(F)c(Cl)nc2n1-c1ccc(F)cc1. The van der Waals surface area contributed by atoms with Gasteiger partial charge in [-0.3, -0.25) is 9.36 Å². The van der Waals surface area contributed by atoms with Crippen LogP contribution in [0.5, 0.6) is 0 Å². The smallest absolute Gasteiger partial charge is 0.341 e. The lowest BCUT2D eigenvalue weighted by Crippen LogP contribution is -2.24. The van der Waals surface area contributed by atoms with E-state index in [2.05, 4.69) is 4.98 Å². The largest absolute Gasteiger partial charge is 0.477 e. The van der Waals surface area contributed by atoms with Crippen LogP contribution < -0.4 is 5.43 Å². The van der Waals surface area contributed by atoms with Crippen molar-refractivity contribution in [1.29, 1.82) is 0 Å². The van der Waals surface area contributed by atoms with E-state index < -0.39 is 33.7 Å². The highest BCUT2D eigenvalue weighted by atomic mass is 35.5. The third-order valence-electron chi connectivity index (χ3n) is 3.79. The van der Waals surface area contributed by atoms with E-state index in [4.69, 9.17) is 11.6 Å². The molecule has 0 saturated heterocycles. The molecular weight excluding hydrogens is 354 g/mol. The zero-order valence-electron chi connectivity index (χ0n) is 12.9. The average Bonchev–Trinajstić information content (AvgIpc) is 2.57. The van der Waals surface area contributed by atoms with E-state index >= 15 is 0 Å². The first-order valence-corrected chi connectivity index (χ1v) is 7.65. The first-order chi connectivity index (χ1) is 11.8. The molecule has 3 rings (SSSR count). The molecule has 2 heterocycles. The van der Waals surface area contributed by atoms with Gasteiger partial charge in [0.15, 0.2) is 16.6 Å². The molecule has 128 valence electrons. The van der Waals surface area contributed by atoms with Crippen LogP contribution in [-0.4, -0.2) is 20.6 Å². The number of fused-ring (bicyclic) bond motifs is 1. The summed E-state index contributed by atoms with van der Waals surface area (Å²) >= 11 is 5.74. The molecule has 0 aliphatic heterocycles. The second kappa shape index (κ2) is 6.25. The minimum atomic E-state index is -1.44. The number of rotatable bonds is 3. The van der Waals surface area contributed by atoms with Crippen molar-refractivity contribution in [3.8, 4) is 5.69 Å². The number of hydrogen-bond acceptors (Lipinski definition) is 3. The van der Waals surface area contributed by atoms with Crippen LogP contribution in [0.3, 0.4) is 0 Å². The maximum Gasteiger partial charge on any atom is 0.341 e. The summed E-state index contributed by atoms with van der Waals surface area (Å²) in [5, 5.41) is 8.79. The lowest BCUT2D eigenvalue weighted by molar-refractivity contribution is 0.0693. The number of nitrogens with zero attached hydrogens (tertiary/aromatic N) is 2. The van der Waals surface area contributed by atoms with Crippen LogP contribution in [0, 0.1) is 11.6 Å². The van der Waals surface area contributed by atoms with Gasteiger partial charge in [0.2, 0.25) is 5.43 Å². The van der Waals surface area contributed by atoms with E-state index in [0.717, 1.165) is 6.07 Å². The number of carbonyl (C=O) groups is 1. The van der Waals surface area contributed by atoms with Crippen molar-refractivity contribution in [2.75, 3.05) is 0 Å². The van der Waals surface area contributed by atoms with Crippen molar-refractivity contribution in [1.82, 2.24) is 9.55 Å². The van der Waals surface area contributed by atoms with Crippen LogP contribution in [-0.2, 0) is 6.42 Å². The van der Waals surface area contributed by atoms with Crippen LogP contribution in [0.15, 0.2) is 35.1 Å². The summed E-state index contributed by atoms with van der Waals surface area (Å²) in [6, 6.07) is 6.04. The average molecular weight is 365 g/mol. The number of aromatic nitrogens is 2. The molecule has 25 heavy (non-hydrogen) atoms. The Bertz CT molecular complexity index is 1060. The van der Waals surface area contributed by atoms with E-state index in [0.29, 0.717) is 5.69 Å². The van der Waals surface area contributed by atoms with Gasteiger partial charge in [0, 0.05) is 11.4 Å². The Hall–Kier alpha value is -2.80. The molecule has 0 spiro atoms. The molecule has 3 aromatic rings. The Morgan fingerprint density at radius 1 is 1.28 bits per heavy atom. The number of aromatic carboxylic acids is 1. The molecule has 1 N–H and O–H groups in total. The van der Waals surface area contributed by atoms with Gasteiger partial charge in [-0.2, -0.15) is 0 Å². The van der Waals surface area contributed by atoms with Gasteiger partial charge in [0.1, 0.15) is 11.4 Å². The van der Waals surface area contributed by atoms with Crippen LogP contribution in [0.25, 0.3) is 16.7 Å². The summed E-state index contributed by atoms with van der Waals surface area (Å²) in [4.78, 5) is 28.1. The van der Waals surface area contributed by atoms with Gasteiger partial charge in [-0.25, -0.2) is 18.6 Å². The van der Waals surface area contributed by atoms with Crippen molar-refractivity contribution < 1.29 is 18.7 Å². The Labute approximate surface area is 145 Å². The van der Waals surface area contributed by atoms with Gasteiger partial charge in [-0.1, -0.05) is 18.5 Å². The summed E-state index contributed by atoms with van der Waals surface area (Å²) in [6.45, 7) is 1.66. The summed E-state index contributed by atoms with van der Waals surface area (Å²) in [5.41, 5.74) is -0.791. The van der Waals surface area contributed by atoms with Crippen LogP contribution in [0.4, 0.5) is 8.78 Å². The minimum absolute atomic E-state index is 0.00450. The van der Waals surface area contributed by atoms with Crippen LogP contribution >= 0.6 is 11.6 Å². The van der Waals surface area contributed by atoms with Gasteiger partial charge in [-0.05, 0) is 36.8 Å². The molecule has 0 aliphatic carbocycles. The van der Waals surface area contributed by atoms with E-state index in [1.807, 2.05) is 0 Å². The summed E-state index contributed by atoms with van der Waals surface area (Å²) in [6.07, 6.45) is 0.181. The number of halogens is 3. The lowest BCUT2D eigenvalue weighted by Gasteiger charge is -2.18. The van der Waals surface area contributed by atoms with E-state index in [1.54, 1.807) is 6.92 Å². The number of carboxylic acids is 1. The first kappa shape index (κ1) is 17.0. The highest BCUT2D eigenvalue weighted by Gasteiger charge is 2.23. The predicted molar refractivity (Wildman–Crippen MR) is 88.6 cm³/mol. The standard InChI is InChI=1S/C17H11ClF2N2O3/c1-2-12-13(17(24)25)14(23)10-7-11(20)15(18)21-16(10)22(12)9-5-3-8(19)4-6-9/h3-7H,2H2,1H3,(H,24,25). The second-order valence-corrected chi connectivity index (χ2v) is 5.61. The van der Waals surface area contributed by atoms with Gasteiger partial charge < -0.3 is 5.11 Å². The molecule has 8 heteroatoms. The third-order valence-corrected chi connectivity index (χ3v) is 4.05. The highest BCUT2D eigenvalue weighted by Crippen LogP contribution is 2.24. The van der Waals surface area contributed by atoms with Gasteiger partial charge >= 0.3 is 5.97 Å². The summed E-state index contributed by atoms with van der Waals surface area (Å²) in [7, 11) is 0. The highest BCUT2D eigenvalue weighted by molar-refractivity contribution is 6.29. The predicted octanol–water partition coefficient (Wildman–Crippen LogP) is 3.58. The Balaban J connectivity index is 2.58. The van der Waals surface area contributed by atoms with Crippen molar-refractivity contribution >= 4 is 28.6 Å². The fourth-order valence-corrected chi connectivity index (χ4v) is 2.86. The molecule has 0 fully saturated rings. The second-order valence-electron chi connectivity index (χ2n) is 5.25. The molecule has 0 radical (unpaired) electrons. The zero-order valence-corrected chi connectivity index (χ0v) is 13.6. The molecular formula is C17H11ClF2N2O3. The third kappa shape index (κ3) is 2.76. The number of benzene rings is 1. The Kier molecular flexibility index (Phi) is 4.26. The molecule has 0 saturated carbocycles. The number of carboxylic acid groups (broad SMARTS) is 1. The fraction of sp³-hybridized carbons (Fsp3) is 0.118. The van der Waals surface area contributed by atoms with Gasteiger partial charge in [0.25, 0.3) is 0 Å². The molecule has 0 atom stereocenters. The number of hydrogen-bond donors (Lipinski definition) is 1. The molecule has 0 amide bonds. The van der Waals surface area contributed by atoms with E-state index in [1.165, 1.54) is 28.8 Å². The lowest BCUT2D eigenvalue weighted by atomic mass is 10.1. The molecule has 5 nitrogen and oxygen atoms in total. The fourth-order valence-electron chi connectivity index (χ4n) is 2.72. The maximum atomic E-state index is 13.8. The van der Waals surface area contributed by atoms with Crippen LogP contribution in [0.1, 0.15) is 23.0 Å². The monoisotopic (exact) mass is 364 g/mol. The molecule has 0 bridgehead atoms. The molecule has 0 unspecified atom stereocenters. The van der Waals surface area contributed by atoms with Crippen molar-refractivity contribution in [3.05, 3.63) is 68.6 Å². The van der Waals surface area contributed by atoms with Crippen molar-refractivity contribution in [2.45, 2.75) is 13.3 Å². The number of pyridine rings is 2.